The van der Waals surface area contributed by atoms with Crippen molar-refractivity contribution in [1.82, 2.24) is 4.31 Å². The average Bonchev–Trinajstić information content (AvgIpc) is 2.37. The Morgan fingerprint density at radius 1 is 1.56 bits per heavy atom. The Kier molecular flexibility index (Phi) is 6.00. The SMILES string of the molecule is CCOC(=O)CCS(=O)(=O)N1CCOCC1CO. The zero-order chi connectivity index (χ0) is 13.6. The molecule has 1 N–H and O–H groups in total. The van der Waals surface area contributed by atoms with Gasteiger partial charge in [0.1, 0.15) is 0 Å². The lowest BCUT2D eigenvalue weighted by atomic mass is 10.3. The number of hydrogen-bond acceptors (Lipinski definition) is 6. The quantitative estimate of drug-likeness (QED) is 0.625. The highest BCUT2D eigenvalue weighted by Crippen LogP contribution is 2.13. The van der Waals surface area contributed by atoms with Crippen molar-refractivity contribution in [1.29, 1.82) is 0 Å². The third-order valence-electron chi connectivity index (χ3n) is 2.61. The zero-order valence-electron chi connectivity index (χ0n) is 10.4. The van der Waals surface area contributed by atoms with Gasteiger partial charge in [-0.1, -0.05) is 0 Å². The second-order valence-corrected chi connectivity index (χ2v) is 5.93. The fraction of sp³-hybridized carbons (Fsp3) is 0.900. The summed E-state index contributed by atoms with van der Waals surface area (Å²) in [4.78, 5) is 11.1. The molecule has 0 aromatic heterocycles. The van der Waals surface area contributed by atoms with Crippen LogP contribution in [0.25, 0.3) is 0 Å². The van der Waals surface area contributed by atoms with Crippen LogP contribution in [0.4, 0.5) is 0 Å². The second kappa shape index (κ2) is 7.03. The van der Waals surface area contributed by atoms with E-state index < -0.39 is 22.0 Å². The van der Waals surface area contributed by atoms with Crippen molar-refractivity contribution in [3.8, 4) is 0 Å². The number of ether oxygens (including phenoxy) is 2. The summed E-state index contributed by atoms with van der Waals surface area (Å²) < 4.78 is 35.0. The van der Waals surface area contributed by atoms with E-state index in [0.29, 0.717) is 6.61 Å². The van der Waals surface area contributed by atoms with Gasteiger partial charge in [-0.2, -0.15) is 4.31 Å². The van der Waals surface area contributed by atoms with E-state index in [0.717, 1.165) is 0 Å². The number of aliphatic hydroxyl groups is 1. The molecule has 0 bridgehead atoms. The van der Waals surface area contributed by atoms with Crippen molar-refractivity contribution in [3.05, 3.63) is 0 Å². The molecule has 1 fully saturated rings. The summed E-state index contributed by atoms with van der Waals surface area (Å²) in [5.74, 6) is -0.836. The van der Waals surface area contributed by atoms with Crippen LogP contribution in [0.2, 0.25) is 0 Å². The van der Waals surface area contributed by atoms with E-state index in [1.54, 1.807) is 6.92 Å². The topological polar surface area (TPSA) is 93.1 Å². The molecule has 1 rings (SSSR count). The molecule has 0 amide bonds. The fourth-order valence-corrected chi connectivity index (χ4v) is 3.31. The highest BCUT2D eigenvalue weighted by Gasteiger charge is 2.32. The maximum absolute atomic E-state index is 12.0. The Hall–Kier alpha value is -0.700. The lowest BCUT2D eigenvalue weighted by molar-refractivity contribution is -0.142. The summed E-state index contributed by atoms with van der Waals surface area (Å²) in [6.45, 7) is 2.28. The Balaban J connectivity index is 2.58. The molecule has 0 radical (unpaired) electrons. The molecule has 0 saturated carbocycles. The molecule has 1 aliphatic rings. The van der Waals surface area contributed by atoms with Gasteiger partial charge in [-0.15, -0.1) is 0 Å². The predicted molar refractivity (Wildman–Crippen MR) is 63.4 cm³/mol. The summed E-state index contributed by atoms with van der Waals surface area (Å²) in [6, 6.07) is -0.564. The lowest BCUT2D eigenvalue weighted by Crippen LogP contribution is -2.51. The molecule has 18 heavy (non-hydrogen) atoms. The number of aliphatic hydroxyl groups excluding tert-OH is 1. The third kappa shape index (κ3) is 4.20. The Morgan fingerprint density at radius 2 is 2.28 bits per heavy atom. The van der Waals surface area contributed by atoms with Crippen LogP contribution in [0.1, 0.15) is 13.3 Å². The molecule has 0 aromatic rings. The van der Waals surface area contributed by atoms with Crippen molar-refractivity contribution in [3.63, 3.8) is 0 Å². The molecule has 0 aromatic carbocycles. The van der Waals surface area contributed by atoms with E-state index in [1.807, 2.05) is 0 Å². The smallest absolute Gasteiger partial charge is 0.306 e. The van der Waals surface area contributed by atoms with E-state index in [4.69, 9.17) is 9.84 Å². The molecule has 1 unspecified atom stereocenters. The maximum Gasteiger partial charge on any atom is 0.306 e. The molecule has 1 saturated heterocycles. The highest BCUT2D eigenvalue weighted by atomic mass is 32.2. The fourth-order valence-electron chi connectivity index (χ4n) is 1.71. The monoisotopic (exact) mass is 281 g/mol. The molecule has 1 atom stereocenters. The van der Waals surface area contributed by atoms with Crippen LogP contribution in [0.15, 0.2) is 0 Å². The van der Waals surface area contributed by atoms with E-state index in [2.05, 4.69) is 4.74 Å². The number of nitrogens with zero attached hydrogens (tertiary/aromatic N) is 1. The molecule has 0 aliphatic carbocycles. The van der Waals surface area contributed by atoms with Gasteiger partial charge in [0.25, 0.3) is 0 Å². The van der Waals surface area contributed by atoms with Gasteiger partial charge in [0.05, 0.1) is 44.6 Å². The van der Waals surface area contributed by atoms with Gasteiger partial charge in [0, 0.05) is 6.54 Å². The average molecular weight is 281 g/mol. The van der Waals surface area contributed by atoms with Crippen LogP contribution in [-0.4, -0.2) is 68.6 Å². The van der Waals surface area contributed by atoms with Crippen LogP contribution in [0, 0.1) is 0 Å². The van der Waals surface area contributed by atoms with Gasteiger partial charge < -0.3 is 14.6 Å². The van der Waals surface area contributed by atoms with E-state index in [9.17, 15) is 13.2 Å². The summed E-state index contributed by atoms with van der Waals surface area (Å²) in [7, 11) is -3.57. The first-order valence-corrected chi connectivity index (χ1v) is 7.46. The molecule has 7 nitrogen and oxygen atoms in total. The van der Waals surface area contributed by atoms with Gasteiger partial charge in [-0.05, 0) is 6.92 Å². The number of morpholine rings is 1. The molecule has 8 heteroatoms. The largest absolute Gasteiger partial charge is 0.466 e. The highest BCUT2D eigenvalue weighted by molar-refractivity contribution is 7.89. The third-order valence-corrected chi connectivity index (χ3v) is 4.53. The molecule has 0 spiro atoms. The van der Waals surface area contributed by atoms with Crippen LogP contribution in [0.5, 0.6) is 0 Å². The van der Waals surface area contributed by atoms with Crippen LogP contribution >= 0.6 is 0 Å². The standard InChI is InChI=1S/C10H19NO6S/c1-2-17-10(13)3-6-18(14,15)11-4-5-16-8-9(11)7-12/h9,12H,2-8H2,1H3. The van der Waals surface area contributed by atoms with Crippen LogP contribution in [-0.2, 0) is 24.3 Å². The molecular weight excluding hydrogens is 262 g/mol. The summed E-state index contributed by atoms with van der Waals surface area (Å²) in [6.07, 6.45) is -0.175. The Morgan fingerprint density at radius 3 is 2.89 bits per heavy atom. The summed E-state index contributed by atoms with van der Waals surface area (Å²) >= 11 is 0. The van der Waals surface area contributed by atoms with Gasteiger partial charge in [0.2, 0.25) is 10.0 Å². The van der Waals surface area contributed by atoms with Crippen molar-refractivity contribution in [2.75, 3.05) is 38.7 Å². The van der Waals surface area contributed by atoms with Crippen molar-refractivity contribution in [2.45, 2.75) is 19.4 Å². The number of esters is 1. The maximum atomic E-state index is 12.0. The van der Waals surface area contributed by atoms with Gasteiger partial charge >= 0.3 is 5.97 Å². The van der Waals surface area contributed by atoms with Crippen molar-refractivity contribution < 1.29 is 27.8 Å². The lowest BCUT2D eigenvalue weighted by Gasteiger charge is -2.33. The first kappa shape index (κ1) is 15.4. The normalized spacial score (nSPS) is 21.8. The minimum absolute atomic E-state index is 0.175. The summed E-state index contributed by atoms with van der Waals surface area (Å²) in [5, 5.41) is 9.11. The molecule has 1 heterocycles. The first-order valence-electron chi connectivity index (χ1n) is 5.85. The molecule has 1 aliphatic heterocycles. The summed E-state index contributed by atoms with van der Waals surface area (Å²) in [5.41, 5.74) is 0. The molecule has 106 valence electrons. The van der Waals surface area contributed by atoms with Gasteiger partial charge in [0.15, 0.2) is 0 Å². The minimum Gasteiger partial charge on any atom is -0.466 e. The molecular formula is C10H19NO6S. The van der Waals surface area contributed by atoms with Crippen LogP contribution < -0.4 is 0 Å². The van der Waals surface area contributed by atoms with Gasteiger partial charge in [-0.3, -0.25) is 4.79 Å². The van der Waals surface area contributed by atoms with Crippen LogP contribution in [0.3, 0.4) is 0 Å². The number of carbonyl (C=O) groups excluding carboxylic acids is 1. The van der Waals surface area contributed by atoms with Crippen molar-refractivity contribution >= 4 is 16.0 Å². The minimum atomic E-state index is -3.57. The Bertz CT molecular complexity index is 369. The predicted octanol–water partition coefficient (Wildman–Crippen LogP) is -1.04. The number of hydrogen-bond donors (Lipinski definition) is 1. The van der Waals surface area contributed by atoms with Crippen molar-refractivity contribution in [2.24, 2.45) is 0 Å². The Labute approximate surface area is 107 Å². The number of carbonyl (C=O) groups is 1. The first-order chi connectivity index (χ1) is 8.51. The van der Waals surface area contributed by atoms with E-state index >= 15 is 0 Å². The number of rotatable bonds is 6. The zero-order valence-corrected chi connectivity index (χ0v) is 11.2. The van der Waals surface area contributed by atoms with Gasteiger partial charge in [-0.25, -0.2) is 8.42 Å². The second-order valence-electron chi connectivity index (χ2n) is 3.89. The van der Waals surface area contributed by atoms with E-state index in [-0.39, 0.29) is 38.5 Å². The van der Waals surface area contributed by atoms with E-state index in [1.165, 1.54) is 4.31 Å². The number of sulfonamides is 1.